The van der Waals surface area contributed by atoms with Gasteiger partial charge in [-0.3, -0.25) is 0 Å². The lowest BCUT2D eigenvalue weighted by atomic mass is 9.87. The average molecular weight is 359 g/mol. The third kappa shape index (κ3) is 9.73. The van der Waals surface area contributed by atoms with E-state index in [-0.39, 0.29) is 0 Å². The lowest BCUT2D eigenvalue weighted by Crippen LogP contribution is -2.47. The molecule has 0 aromatic rings. The fourth-order valence-corrected chi connectivity index (χ4v) is 4.23. The summed E-state index contributed by atoms with van der Waals surface area (Å²) < 4.78 is 0. The van der Waals surface area contributed by atoms with E-state index in [0.717, 1.165) is 11.8 Å². The standard InChI is InChI=1S/C17H35N2P.2C2H6/c1-3-15(2)4-5-16-6-12-19(13-7-16)14-17(20)8-10-18-11-9-17;2*1-2/h15-16,18H,3-14,20H2,1-2H3;2*1-2H3. The van der Waals surface area contributed by atoms with Crippen molar-refractivity contribution >= 4 is 9.24 Å². The maximum absolute atomic E-state index is 3.49. The van der Waals surface area contributed by atoms with E-state index < -0.39 is 0 Å². The van der Waals surface area contributed by atoms with Gasteiger partial charge in [0, 0.05) is 11.7 Å². The molecule has 0 aromatic heterocycles. The van der Waals surface area contributed by atoms with Gasteiger partial charge in [-0.1, -0.05) is 60.8 Å². The highest BCUT2D eigenvalue weighted by atomic mass is 31.0. The minimum atomic E-state index is 0.495. The number of hydrogen-bond acceptors (Lipinski definition) is 2. The third-order valence-corrected chi connectivity index (χ3v) is 6.37. The van der Waals surface area contributed by atoms with Crippen molar-refractivity contribution in [1.82, 2.24) is 10.2 Å². The molecule has 2 fully saturated rings. The topological polar surface area (TPSA) is 15.3 Å². The summed E-state index contributed by atoms with van der Waals surface area (Å²) in [6.45, 7) is 19.1. The molecule has 146 valence electrons. The first-order chi connectivity index (χ1) is 11.6. The number of likely N-dealkylation sites (tertiary alicyclic amines) is 1. The van der Waals surface area contributed by atoms with Crippen LogP contribution in [0.4, 0.5) is 0 Å². The van der Waals surface area contributed by atoms with Gasteiger partial charge >= 0.3 is 0 Å². The monoisotopic (exact) mass is 358 g/mol. The maximum Gasteiger partial charge on any atom is 0.00735 e. The molecular weight excluding hydrogens is 311 g/mol. The zero-order valence-corrected chi connectivity index (χ0v) is 18.8. The van der Waals surface area contributed by atoms with Crippen molar-refractivity contribution in [3.05, 3.63) is 0 Å². The zero-order valence-electron chi connectivity index (χ0n) is 17.7. The second kappa shape index (κ2) is 14.5. The van der Waals surface area contributed by atoms with Crippen molar-refractivity contribution in [2.45, 2.75) is 91.6 Å². The first-order valence-electron chi connectivity index (χ1n) is 10.8. The van der Waals surface area contributed by atoms with Crippen LogP contribution in [-0.4, -0.2) is 42.8 Å². The highest BCUT2D eigenvalue weighted by molar-refractivity contribution is 7.19. The fourth-order valence-electron chi connectivity index (χ4n) is 3.69. The van der Waals surface area contributed by atoms with Gasteiger partial charge in [-0.2, -0.15) is 0 Å². The number of hydrogen-bond donors (Lipinski definition) is 1. The fraction of sp³-hybridized carbons (Fsp3) is 1.00. The molecule has 2 aliphatic heterocycles. The zero-order chi connectivity index (χ0) is 18.4. The lowest BCUT2D eigenvalue weighted by molar-refractivity contribution is 0.151. The molecule has 2 aliphatic rings. The normalized spacial score (nSPS) is 22.6. The van der Waals surface area contributed by atoms with Crippen LogP contribution < -0.4 is 5.32 Å². The molecule has 2 rings (SSSR count). The Bertz CT molecular complexity index is 269. The van der Waals surface area contributed by atoms with E-state index >= 15 is 0 Å². The maximum atomic E-state index is 3.49. The molecular formula is C21H47N2P. The first-order valence-corrected chi connectivity index (χ1v) is 11.4. The molecule has 2 atom stereocenters. The smallest absolute Gasteiger partial charge is 0.00735 e. The molecule has 0 spiro atoms. The van der Waals surface area contributed by atoms with E-state index in [1.165, 1.54) is 77.7 Å². The predicted molar refractivity (Wildman–Crippen MR) is 115 cm³/mol. The van der Waals surface area contributed by atoms with Gasteiger partial charge in [-0.25, -0.2) is 0 Å². The summed E-state index contributed by atoms with van der Waals surface area (Å²) in [5.74, 6) is 1.94. The SMILES string of the molecule is CC.CC.CCC(C)CCC1CCN(CC2(P)CCNCC2)CC1. The van der Waals surface area contributed by atoms with Crippen molar-refractivity contribution in [3.8, 4) is 0 Å². The summed E-state index contributed by atoms with van der Waals surface area (Å²) in [4.78, 5) is 2.73. The Hall–Kier alpha value is 0.350. The van der Waals surface area contributed by atoms with Gasteiger partial charge in [0.15, 0.2) is 0 Å². The number of nitrogens with zero attached hydrogens (tertiary/aromatic N) is 1. The third-order valence-electron chi connectivity index (χ3n) is 5.61. The Morgan fingerprint density at radius 2 is 1.62 bits per heavy atom. The highest BCUT2D eigenvalue weighted by Crippen LogP contribution is 2.32. The van der Waals surface area contributed by atoms with Gasteiger partial charge < -0.3 is 10.2 Å². The van der Waals surface area contributed by atoms with E-state index in [9.17, 15) is 0 Å². The Labute approximate surface area is 156 Å². The van der Waals surface area contributed by atoms with Crippen LogP contribution in [0.3, 0.4) is 0 Å². The van der Waals surface area contributed by atoms with Crippen molar-refractivity contribution in [3.63, 3.8) is 0 Å². The van der Waals surface area contributed by atoms with Crippen LogP contribution in [-0.2, 0) is 0 Å². The van der Waals surface area contributed by atoms with Crippen molar-refractivity contribution < 1.29 is 0 Å². The largest absolute Gasteiger partial charge is 0.317 e. The quantitative estimate of drug-likeness (QED) is 0.624. The van der Waals surface area contributed by atoms with E-state index in [4.69, 9.17) is 0 Å². The molecule has 2 saturated heterocycles. The molecule has 24 heavy (non-hydrogen) atoms. The van der Waals surface area contributed by atoms with E-state index in [1.54, 1.807) is 0 Å². The predicted octanol–water partition coefficient (Wildman–Crippen LogP) is 5.57. The van der Waals surface area contributed by atoms with Crippen molar-refractivity contribution in [1.29, 1.82) is 0 Å². The van der Waals surface area contributed by atoms with Crippen LogP contribution in [0.2, 0.25) is 0 Å². The Kier molecular flexibility index (Phi) is 14.7. The van der Waals surface area contributed by atoms with Gasteiger partial charge in [0.25, 0.3) is 0 Å². The van der Waals surface area contributed by atoms with E-state index in [2.05, 4.69) is 33.3 Å². The molecule has 0 radical (unpaired) electrons. The summed E-state index contributed by atoms with van der Waals surface area (Å²) in [6, 6.07) is 0. The van der Waals surface area contributed by atoms with Gasteiger partial charge in [0.1, 0.15) is 0 Å². The van der Waals surface area contributed by atoms with Crippen LogP contribution in [0.15, 0.2) is 0 Å². The molecule has 2 nitrogen and oxygen atoms in total. The molecule has 3 heteroatoms. The summed E-state index contributed by atoms with van der Waals surface area (Å²) in [6.07, 6.45) is 9.80. The molecule has 0 amide bonds. The van der Waals surface area contributed by atoms with Gasteiger partial charge in [-0.05, 0) is 63.7 Å². The summed E-state index contributed by atoms with van der Waals surface area (Å²) in [5.41, 5.74) is 0. The minimum Gasteiger partial charge on any atom is -0.317 e. The number of piperidine rings is 2. The Balaban J connectivity index is 0.00000123. The Morgan fingerprint density at radius 3 is 2.12 bits per heavy atom. The summed E-state index contributed by atoms with van der Waals surface area (Å²) in [7, 11) is 3.18. The second-order valence-electron chi connectivity index (χ2n) is 7.42. The molecule has 0 bridgehead atoms. The van der Waals surface area contributed by atoms with Crippen LogP contribution in [0.1, 0.15) is 86.5 Å². The molecule has 0 aromatic carbocycles. The summed E-state index contributed by atoms with van der Waals surface area (Å²) in [5, 5.41) is 3.98. The van der Waals surface area contributed by atoms with E-state index in [0.29, 0.717) is 5.16 Å². The Morgan fingerprint density at radius 1 is 1.08 bits per heavy atom. The van der Waals surface area contributed by atoms with Crippen LogP contribution in [0.5, 0.6) is 0 Å². The van der Waals surface area contributed by atoms with Crippen LogP contribution in [0, 0.1) is 11.8 Å². The van der Waals surface area contributed by atoms with Crippen LogP contribution in [0.25, 0.3) is 0 Å². The van der Waals surface area contributed by atoms with E-state index in [1.807, 2.05) is 27.7 Å². The van der Waals surface area contributed by atoms with Gasteiger partial charge in [0.05, 0.1) is 0 Å². The number of rotatable bonds is 6. The van der Waals surface area contributed by atoms with Gasteiger partial charge in [0.2, 0.25) is 0 Å². The minimum absolute atomic E-state index is 0.495. The van der Waals surface area contributed by atoms with Crippen molar-refractivity contribution in [2.24, 2.45) is 11.8 Å². The molecule has 1 N–H and O–H groups in total. The summed E-state index contributed by atoms with van der Waals surface area (Å²) >= 11 is 0. The molecule has 0 saturated carbocycles. The van der Waals surface area contributed by atoms with Crippen LogP contribution >= 0.6 is 9.24 Å². The molecule has 0 aliphatic carbocycles. The highest BCUT2D eigenvalue weighted by Gasteiger charge is 2.30. The van der Waals surface area contributed by atoms with Gasteiger partial charge in [-0.15, -0.1) is 9.24 Å². The van der Waals surface area contributed by atoms with Crippen molar-refractivity contribution in [2.75, 3.05) is 32.7 Å². The molecule has 2 heterocycles. The second-order valence-corrected chi connectivity index (χ2v) is 8.65. The first kappa shape index (κ1) is 24.4. The lowest BCUT2D eigenvalue weighted by Gasteiger charge is -2.41. The number of nitrogens with one attached hydrogen (secondary N) is 1. The average Bonchev–Trinajstić information content (AvgIpc) is 2.64. The molecule has 2 unspecified atom stereocenters.